The van der Waals surface area contributed by atoms with Crippen LogP contribution in [0.15, 0.2) is 36.5 Å². The molecule has 1 aromatic carbocycles. The van der Waals surface area contributed by atoms with Crippen LogP contribution in [0.3, 0.4) is 0 Å². The summed E-state index contributed by atoms with van der Waals surface area (Å²) in [4.78, 5) is 24.3. The second-order valence-electron chi connectivity index (χ2n) is 3.74. The molecule has 18 heavy (non-hydrogen) atoms. The molecule has 0 spiro atoms. The Bertz CT molecular complexity index is 466. The Morgan fingerprint density at radius 3 is 2.56 bits per heavy atom. The minimum absolute atomic E-state index is 0.162. The van der Waals surface area contributed by atoms with Crippen LogP contribution in [0.25, 0.3) is 0 Å². The van der Waals surface area contributed by atoms with Crippen molar-refractivity contribution in [2.24, 2.45) is 0 Å². The third-order valence-electron chi connectivity index (χ3n) is 2.36. The summed E-state index contributed by atoms with van der Waals surface area (Å²) in [7, 11) is 0. The maximum Gasteiger partial charge on any atom is 0.332 e. The quantitative estimate of drug-likeness (QED) is 0.606. The van der Waals surface area contributed by atoms with Crippen LogP contribution >= 0.6 is 0 Å². The Morgan fingerprint density at radius 2 is 2.00 bits per heavy atom. The Kier molecular flexibility index (Phi) is 5.11. The van der Waals surface area contributed by atoms with Crippen LogP contribution in [-0.2, 0) is 14.3 Å². The minimum atomic E-state index is -0.461. The third-order valence-corrected chi connectivity index (χ3v) is 2.36. The number of esters is 1. The SMILES string of the molecule is CCOC(=O)/C=C/N(C(C)=O)c1ccccc1C. The van der Waals surface area contributed by atoms with E-state index in [9.17, 15) is 9.59 Å². The molecule has 0 saturated heterocycles. The van der Waals surface area contributed by atoms with Gasteiger partial charge >= 0.3 is 5.97 Å². The zero-order chi connectivity index (χ0) is 13.5. The summed E-state index contributed by atoms with van der Waals surface area (Å²) in [6, 6.07) is 7.47. The van der Waals surface area contributed by atoms with Crippen LogP contribution in [0.2, 0.25) is 0 Å². The average molecular weight is 247 g/mol. The number of carbonyl (C=O) groups excluding carboxylic acids is 2. The molecule has 1 rings (SSSR count). The van der Waals surface area contributed by atoms with Crippen LogP contribution in [0.4, 0.5) is 5.69 Å². The van der Waals surface area contributed by atoms with E-state index in [0.29, 0.717) is 6.61 Å². The van der Waals surface area contributed by atoms with Crippen molar-refractivity contribution in [2.75, 3.05) is 11.5 Å². The highest BCUT2D eigenvalue weighted by Crippen LogP contribution is 2.19. The lowest BCUT2D eigenvalue weighted by Gasteiger charge is -2.18. The van der Waals surface area contributed by atoms with Crippen molar-refractivity contribution in [3.8, 4) is 0 Å². The van der Waals surface area contributed by atoms with E-state index in [4.69, 9.17) is 4.74 Å². The first-order chi connectivity index (χ1) is 8.56. The second kappa shape index (κ2) is 6.59. The molecule has 0 N–H and O–H groups in total. The summed E-state index contributed by atoms with van der Waals surface area (Å²) >= 11 is 0. The number of para-hydroxylation sites is 1. The number of hydrogen-bond donors (Lipinski definition) is 0. The van der Waals surface area contributed by atoms with E-state index in [1.165, 1.54) is 24.1 Å². The van der Waals surface area contributed by atoms with Crippen molar-refractivity contribution in [2.45, 2.75) is 20.8 Å². The van der Waals surface area contributed by atoms with Crippen LogP contribution in [0, 0.1) is 6.92 Å². The van der Waals surface area contributed by atoms with Crippen LogP contribution in [0.1, 0.15) is 19.4 Å². The molecular weight excluding hydrogens is 230 g/mol. The summed E-state index contributed by atoms with van der Waals surface area (Å²) in [6.45, 7) is 5.40. The lowest BCUT2D eigenvalue weighted by Crippen LogP contribution is -2.23. The van der Waals surface area contributed by atoms with Gasteiger partial charge < -0.3 is 4.74 Å². The molecule has 4 nitrogen and oxygen atoms in total. The summed E-state index contributed by atoms with van der Waals surface area (Å²) in [5.41, 5.74) is 1.71. The highest BCUT2D eigenvalue weighted by Gasteiger charge is 2.10. The van der Waals surface area contributed by atoms with Crippen LogP contribution in [0.5, 0.6) is 0 Å². The first-order valence-corrected chi connectivity index (χ1v) is 5.76. The normalized spacial score (nSPS) is 10.4. The third kappa shape index (κ3) is 3.73. The van der Waals surface area contributed by atoms with Gasteiger partial charge in [-0.2, -0.15) is 0 Å². The molecule has 1 aromatic rings. The minimum Gasteiger partial charge on any atom is -0.463 e. The molecule has 4 heteroatoms. The van der Waals surface area contributed by atoms with Crippen LogP contribution < -0.4 is 4.90 Å². The zero-order valence-corrected chi connectivity index (χ0v) is 10.8. The predicted molar refractivity (Wildman–Crippen MR) is 70.1 cm³/mol. The van der Waals surface area contributed by atoms with E-state index < -0.39 is 5.97 Å². The highest BCUT2D eigenvalue weighted by molar-refractivity contribution is 5.95. The fourth-order valence-electron chi connectivity index (χ4n) is 1.51. The molecule has 0 fully saturated rings. The molecule has 0 bridgehead atoms. The summed E-state index contributed by atoms with van der Waals surface area (Å²) in [5, 5.41) is 0. The van der Waals surface area contributed by atoms with Crippen LogP contribution in [-0.4, -0.2) is 18.5 Å². The van der Waals surface area contributed by atoms with Gasteiger partial charge in [-0.25, -0.2) is 4.79 Å². The predicted octanol–water partition coefficient (Wildman–Crippen LogP) is 2.42. The smallest absolute Gasteiger partial charge is 0.332 e. The molecular formula is C14H17NO3. The number of carbonyl (C=O) groups is 2. The van der Waals surface area contributed by atoms with Gasteiger partial charge in [-0.1, -0.05) is 18.2 Å². The van der Waals surface area contributed by atoms with Crippen molar-refractivity contribution in [1.82, 2.24) is 0 Å². The van der Waals surface area contributed by atoms with Gasteiger partial charge in [0.2, 0.25) is 5.91 Å². The Balaban J connectivity index is 2.95. The van der Waals surface area contributed by atoms with Crippen molar-refractivity contribution in [3.63, 3.8) is 0 Å². The maximum absolute atomic E-state index is 11.6. The number of nitrogens with zero attached hydrogens (tertiary/aromatic N) is 1. The molecule has 0 aromatic heterocycles. The number of amides is 1. The Hall–Kier alpha value is -2.10. The largest absolute Gasteiger partial charge is 0.463 e. The number of ether oxygens (including phenoxy) is 1. The number of aryl methyl sites for hydroxylation is 1. The lowest BCUT2D eigenvalue weighted by atomic mass is 10.2. The molecule has 0 aliphatic rings. The van der Waals surface area contributed by atoms with Crippen molar-refractivity contribution >= 4 is 17.6 Å². The van der Waals surface area contributed by atoms with Gasteiger partial charge in [0.25, 0.3) is 0 Å². The van der Waals surface area contributed by atoms with E-state index in [2.05, 4.69) is 0 Å². The van der Waals surface area contributed by atoms with Crippen molar-refractivity contribution in [1.29, 1.82) is 0 Å². The average Bonchev–Trinajstić information content (AvgIpc) is 2.31. The Labute approximate surface area is 107 Å². The molecule has 1 amide bonds. The first-order valence-electron chi connectivity index (χ1n) is 5.76. The standard InChI is InChI=1S/C14H17NO3/c1-4-18-14(17)9-10-15(12(3)16)13-8-6-5-7-11(13)2/h5-10H,4H2,1-3H3/b10-9+. The number of benzene rings is 1. The molecule has 96 valence electrons. The Morgan fingerprint density at radius 1 is 1.33 bits per heavy atom. The van der Waals surface area contributed by atoms with Gasteiger partial charge in [0.15, 0.2) is 0 Å². The topological polar surface area (TPSA) is 46.6 Å². The molecule has 0 saturated carbocycles. The molecule has 0 heterocycles. The van der Waals surface area contributed by atoms with Gasteiger partial charge in [-0.3, -0.25) is 9.69 Å². The molecule has 0 atom stereocenters. The van der Waals surface area contributed by atoms with Gasteiger partial charge in [0, 0.05) is 19.2 Å². The molecule has 0 radical (unpaired) electrons. The molecule has 0 unspecified atom stereocenters. The van der Waals surface area contributed by atoms with Gasteiger partial charge in [-0.05, 0) is 25.5 Å². The number of anilines is 1. The van der Waals surface area contributed by atoms with Gasteiger partial charge in [0.1, 0.15) is 0 Å². The van der Waals surface area contributed by atoms with E-state index >= 15 is 0 Å². The fourth-order valence-corrected chi connectivity index (χ4v) is 1.51. The van der Waals surface area contributed by atoms with E-state index in [1.54, 1.807) is 6.92 Å². The van der Waals surface area contributed by atoms with E-state index in [1.807, 2.05) is 31.2 Å². The zero-order valence-electron chi connectivity index (χ0n) is 10.8. The monoisotopic (exact) mass is 247 g/mol. The van der Waals surface area contributed by atoms with Crippen molar-refractivity contribution in [3.05, 3.63) is 42.1 Å². The molecule has 0 aliphatic carbocycles. The van der Waals surface area contributed by atoms with Crippen molar-refractivity contribution < 1.29 is 14.3 Å². The fraction of sp³-hybridized carbons (Fsp3) is 0.286. The highest BCUT2D eigenvalue weighted by atomic mass is 16.5. The van der Waals surface area contributed by atoms with E-state index in [-0.39, 0.29) is 5.91 Å². The lowest BCUT2D eigenvalue weighted by molar-refractivity contribution is -0.137. The van der Waals surface area contributed by atoms with E-state index in [0.717, 1.165) is 11.3 Å². The maximum atomic E-state index is 11.6. The van der Waals surface area contributed by atoms with Gasteiger partial charge in [0.05, 0.1) is 12.3 Å². The molecule has 0 aliphatic heterocycles. The summed E-state index contributed by atoms with van der Waals surface area (Å²) in [5.74, 6) is -0.623. The van der Waals surface area contributed by atoms with Gasteiger partial charge in [-0.15, -0.1) is 0 Å². The number of rotatable bonds is 4. The first kappa shape index (κ1) is 14.0. The summed E-state index contributed by atoms with van der Waals surface area (Å²) in [6.07, 6.45) is 2.68. The number of hydrogen-bond acceptors (Lipinski definition) is 3. The second-order valence-corrected chi connectivity index (χ2v) is 3.74. The summed E-state index contributed by atoms with van der Waals surface area (Å²) < 4.78 is 4.77.